The molecule has 0 amide bonds. The Labute approximate surface area is 97.1 Å². The summed E-state index contributed by atoms with van der Waals surface area (Å²) >= 11 is 6.20. The maximum absolute atomic E-state index is 6.20. The lowest BCUT2D eigenvalue weighted by atomic mass is 10.2. The monoisotopic (exact) mass is 229 g/mol. The zero-order valence-electron chi connectivity index (χ0n) is 8.31. The fourth-order valence-corrected chi connectivity index (χ4v) is 1.93. The Morgan fingerprint density at radius 1 is 1.12 bits per heavy atom. The molecule has 3 nitrogen and oxygen atoms in total. The summed E-state index contributed by atoms with van der Waals surface area (Å²) < 4.78 is 0. The van der Waals surface area contributed by atoms with Gasteiger partial charge in [-0.3, -0.25) is 5.10 Å². The maximum atomic E-state index is 6.20. The second kappa shape index (κ2) is 3.61. The average Bonchev–Trinajstić information content (AvgIpc) is 2.82. The average molecular weight is 230 g/mol. The van der Waals surface area contributed by atoms with Crippen molar-refractivity contribution >= 4 is 22.5 Å². The van der Waals surface area contributed by atoms with Crippen LogP contribution in [-0.2, 0) is 0 Å². The lowest BCUT2D eigenvalue weighted by Gasteiger charge is -2.03. The second-order valence-electron chi connectivity index (χ2n) is 3.48. The van der Waals surface area contributed by atoms with E-state index in [1.807, 2.05) is 36.4 Å². The SMILES string of the molecule is Clc1cc(-c2ccn[nH]2)nc2ccccc12. The van der Waals surface area contributed by atoms with Gasteiger partial charge in [0.25, 0.3) is 0 Å². The first kappa shape index (κ1) is 9.36. The van der Waals surface area contributed by atoms with Gasteiger partial charge >= 0.3 is 0 Å². The molecule has 2 aromatic heterocycles. The standard InChI is InChI=1S/C12H8ClN3/c13-9-7-12(11-5-6-14-16-11)15-10-4-2-1-3-8(9)10/h1-7H,(H,14,16). The summed E-state index contributed by atoms with van der Waals surface area (Å²) in [7, 11) is 0. The Kier molecular flexibility index (Phi) is 2.11. The Morgan fingerprint density at radius 2 is 2.00 bits per heavy atom. The molecule has 0 unspecified atom stereocenters. The third-order valence-electron chi connectivity index (χ3n) is 2.44. The first-order chi connectivity index (χ1) is 7.84. The topological polar surface area (TPSA) is 41.6 Å². The number of aromatic amines is 1. The summed E-state index contributed by atoms with van der Waals surface area (Å²) in [5.74, 6) is 0. The van der Waals surface area contributed by atoms with Crippen molar-refractivity contribution in [3.8, 4) is 11.4 Å². The Bertz CT molecular complexity index is 632. The van der Waals surface area contributed by atoms with E-state index in [0.717, 1.165) is 22.3 Å². The first-order valence-electron chi connectivity index (χ1n) is 4.89. The molecule has 0 saturated carbocycles. The van der Waals surface area contributed by atoms with Crippen LogP contribution in [0.15, 0.2) is 42.6 Å². The highest BCUT2D eigenvalue weighted by Crippen LogP contribution is 2.26. The number of nitrogens with zero attached hydrogens (tertiary/aromatic N) is 2. The summed E-state index contributed by atoms with van der Waals surface area (Å²) in [6.07, 6.45) is 1.69. The molecule has 0 saturated heterocycles. The number of halogens is 1. The zero-order valence-corrected chi connectivity index (χ0v) is 9.07. The molecule has 0 atom stereocenters. The molecule has 4 heteroatoms. The summed E-state index contributed by atoms with van der Waals surface area (Å²) in [6, 6.07) is 11.5. The van der Waals surface area contributed by atoms with Gasteiger partial charge in [-0.2, -0.15) is 5.10 Å². The minimum Gasteiger partial charge on any atom is -0.276 e. The molecule has 0 aliphatic carbocycles. The molecule has 78 valence electrons. The van der Waals surface area contributed by atoms with E-state index < -0.39 is 0 Å². The minimum absolute atomic E-state index is 0.704. The predicted octanol–water partition coefficient (Wildman–Crippen LogP) is 3.28. The van der Waals surface area contributed by atoms with Gasteiger partial charge in [0.15, 0.2) is 0 Å². The van der Waals surface area contributed by atoms with Crippen LogP contribution in [-0.4, -0.2) is 15.2 Å². The van der Waals surface area contributed by atoms with Gasteiger partial charge in [-0.15, -0.1) is 0 Å². The molecule has 0 aliphatic rings. The lowest BCUT2D eigenvalue weighted by Crippen LogP contribution is -1.86. The summed E-state index contributed by atoms with van der Waals surface area (Å²) in [6.45, 7) is 0. The highest BCUT2D eigenvalue weighted by Gasteiger charge is 2.06. The van der Waals surface area contributed by atoms with Crippen LogP contribution in [0.3, 0.4) is 0 Å². The van der Waals surface area contributed by atoms with Gasteiger partial charge in [-0.05, 0) is 18.2 Å². The summed E-state index contributed by atoms with van der Waals surface area (Å²) in [5.41, 5.74) is 2.56. The Morgan fingerprint density at radius 3 is 2.81 bits per heavy atom. The van der Waals surface area contributed by atoms with Gasteiger partial charge in [-0.1, -0.05) is 29.8 Å². The predicted molar refractivity (Wildman–Crippen MR) is 64.3 cm³/mol. The molecule has 0 spiro atoms. The summed E-state index contributed by atoms with van der Waals surface area (Å²) in [5, 5.41) is 8.44. The molecule has 1 N–H and O–H groups in total. The number of para-hydroxylation sites is 1. The van der Waals surface area contributed by atoms with E-state index in [9.17, 15) is 0 Å². The molecule has 3 rings (SSSR count). The highest BCUT2D eigenvalue weighted by atomic mass is 35.5. The van der Waals surface area contributed by atoms with E-state index in [0.29, 0.717) is 5.02 Å². The fourth-order valence-electron chi connectivity index (χ4n) is 1.67. The molecule has 3 aromatic rings. The van der Waals surface area contributed by atoms with Gasteiger partial charge in [0.2, 0.25) is 0 Å². The highest BCUT2D eigenvalue weighted by molar-refractivity contribution is 6.35. The smallest absolute Gasteiger partial charge is 0.0902 e. The van der Waals surface area contributed by atoms with Crippen molar-refractivity contribution in [1.29, 1.82) is 0 Å². The van der Waals surface area contributed by atoms with Crippen molar-refractivity contribution in [1.82, 2.24) is 15.2 Å². The number of pyridine rings is 1. The molecular weight excluding hydrogens is 222 g/mol. The Balaban J connectivity index is 2.29. The van der Waals surface area contributed by atoms with E-state index in [2.05, 4.69) is 15.2 Å². The van der Waals surface area contributed by atoms with Crippen molar-refractivity contribution in [3.63, 3.8) is 0 Å². The van der Waals surface area contributed by atoms with Gasteiger partial charge < -0.3 is 0 Å². The van der Waals surface area contributed by atoms with E-state index in [-0.39, 0.29) is 0 Å². The normalized spacial score (nSPS) is 10.8. The van der Waals surface area contributed by atoms with Crippen LogP contribution in [0.4, 0.5) is 0 Å². The van der Waals surface area contributed by atoms with E-state index >= 15 is 0 Å². The number of hydrogen-bond donors (Lipinski definition) is 1. The molecular formula is C12H8ClN3. The van der Waals surface area contributed by atoms with Gasteiger partial charge in [0.05, 0.1) is 21.9 Å². The van der Waals surface area contributed by atoms with Crippen LogP contribution >= 0.6 is 11.6 Å². The van der Waals surface area contributed by atoms with Crippen LogP contribution in [0, 0.1) is 0 Å². The molecule has 1 aromatic carbocycles. The maximum Gasteiger partial charge on any atom is 0.0902 e. The number of H-pyrrole nitrogens is 1. The molecule has 16 heavy (non-hydrogen) atoms. The first-order valence-corrected chi connectivity index (χ1v) is 5.27. The third kappa shape index (κ3) is 1.46. The molecule has 0 fully saturated rings. The number of nitrogens with one attached hydrogen (secondary N) is 1. The number of aromatic nitrogens is 3. The number of rotatable bonds is 1. The van der Waals surface area contributed by atoms with Crippen molar-refractivity contribution in [3.05, 3.63) is 47.6 Å². The van der Waals surface area contributed by atoms with Gasteiger partial charge in [-0.25, -0.2) is 4.98 Å². The van der Waals surface area contributed by atoms with Crippen LogP contribution in [0.1, 0.15) is 0 Å². The molecule has 0 bridgehead atoms. The van der Waals surface area contributed by atoms with Gasteiger partial charge in [0, 0.05) is 11.6 Å². The van der Waals surface area contributed by atoms with Crippen molar-refractivity contribution in [2.24, 2.45) is 0 Å². The minimum atomic E-state index is 0.704. The van der Waals surface area contributed by atoms with E-state index in [1.54, 1.807) is 6.20 Å². The number of benzene rings is 1. The fraction of sp³-hybridized carbons (Fsp3) is 0. The van der Waals surface area contributed by atoms with Crippen LogP contribution in [0.25, 0.3) is 22.3 Å². The van der Waals surface area contributed by atoms with Crippen molar-refractivity contribution in [2.75, 3.05) is 0 Å². The number of fused-ring (bicyclic) bond motifs is 1. The van der Waals surface area contributed by atoms with Crippen LogP contribution in [0.5, 0.6) is 0 Å². The zero-order chi connectivity index (χ0) is 11.0. The molecule has 0 radical (unpaired) electrons. The van der Waals surface area contributed by atoms with Crippen molar-refractivity contribution < 1.29 is 0 Å². The lowest BCUT2D eigenvalue weighted by molar-refractivity contribution is 1.09. The Hall–Kier alpha value is -1.87. The quantitative estimate of drug-likeness (QED) is 0.696. The summed E-state index contributed by atoms with van der Waals surface area (Å²) in [4.78, 5) is 4.52. The van der Waals surface area contributed by atoms with Gasteiger partial charge in [0.1, 0.15) is 0 Å². The van der Waals surface area contributed by atoms with Crippen LogP contribution in [0.2, 0.25) is 5.02 Å². The molecule has 0 aliphatic heterocycles. The van der Waals surface area contributed by atoms with E-state index in [4.69, 9.17) is 11.6 Å². The third-order valence-corrected chi connectivity index (χ3v) is 2.76. The molecule has 2 heterocycles. The van der Waals surface area contributed by atoms with E-state index in [1.165, 1.54) is 0 Å². The largest absolute Gasteiger partial charge is 0.276 e. The van der Waals surface area contributed by atoms with Crippen molar-refractivity contribution in [2.45, 2.75) is 0 Å². The number of hydrogen-bond acceptors (Lipinski definition) is 2. The second-order valence-corrected chi connectivity index (χ2v) is 3.88. The van der Waals surface area contributed by atoms with Crippen LogP contribution < -0.4 is 0 Å².